The molecule has 0 aliphatic rings. The van der Waals surface area contributed by atoms with Crippen molar-refractivity contribution in [2.24, 2.45) is 11.3 Å². The molecule has 0 aromatic rings. The van der Waals surface area contributed by atoms with Crippen molar-refractivity contribution >= 4 is 0 Å². The van der Waals surface area contributed by atoms with E-state index in [-0.39, 0.29) is 5.41 Å². The molecule has 1 unspecified atom stereocenters. The Hall–Kier alpha value is -0.0800. The summed E-state index contributed by atoms with van der Waals surface area (Å²) in [4.78, 5) is 0. The van der Waals surface area contributed by atoms with E-state index < -0.39 is 0 Å². The second kappa shape index (κ2) is 9.00. The molecule has 0 heterocycles. The summed E-state index contributed by atoms with van der Waals surface area (Å²) in [6.07, 6.45) is 6.15. The van der Waals surface area contributed by atoms with Gasteiger partial charge in [-0.15, -0.1) is 0 Å². The predicted octanol–water partition coefficient (Wildman–Crippen LogP) is 3.20. The molecular weight excluding hydrogens is 198 g/mol. The van der Waals surface area contributed by atoms with Crippen LogP contribution in [0.1, 0.15) is 59.8 Å². The van der Waals surface area contributed by atoms with Crippen LogP contribution in [0, 0.1) is 11.3 Å². The summed E-state index contributed by atoms with van der Waals surface area (Å²) in [6.45, 7) is 11.4. The first-order valence-corrected chi connectivity index (χ1v) is 6.87. The van der Waals surface area contributed by atoms with Crippen LogP contribution < -0.4 is 5.32 Å². The van der Waals surface area contributed by atoms with E-state index in [0.717, 1.165) is 25.4 Å². The third-order valence-electron chi connectivity index (χ3n) is 3.37. The number of aliphatic hydroxyl groups is 1. The highest BCUT2D eigenvalue weighted by atomic mass is 16.3. The average Bonchev–Trinajstić information content (AvgIpc) is 2.22. The topological polar surface area (TPSA) is 32.3 Å². The summed E-state index contributed by atoms with van der Waals surface area (Å²) in [5.41, 5.74) is 0.220. The van der Waals surface area contributed by atoms with Crippen LogP contribution >= 0.6 is 0 Å². The van der Waals surface area contributed by atoms with Gasteiger partial charge in [0.1, 0.15) is 0 Å². The Balaban J connectivity index is 3.68. The van der Waals surface area contributed by atoms with Crippen molar-refractivity contribution in [1.29, 1.82) is 0 Å². The summed E-state index contributed by atoms with van der Waals surface area (Å²) in [6, 6.07) is 0. The van der Waals surface area contributed by atoms with Crippen molar-refractivity contribution in [3.63, 3.8) is 0 Å². The minimum Gasteiger partial charge on any atom is -0.396 e. The molecule has 2 N–H and O–H groups in total. The van der Waals surface area contributed by atoms with Gasteiger partial charge < -0.3 is 10.4 Å². The van der Waals surface area contributed by atoms with Crippen LogP contribution in [0.25, 0.3) is 0 Å². The first kappa shape index (κ1) is 15.9. The van der Waals surface area contributed by atoms with Crippen molar-refractivity contribution in [3.05, 3.63) is 0 Å². The van der Waals surface area contributed by atoms with Crippen molar-refractivity contribution in [2.75, 3.05) is 19.7 Å². The largest absolute Gasteiger partial charge is 0.396 e. The molecule has 0 saturated heterocycles. The number of unbranched alkanes of at least 4 members (excludes halogenated alkanes) is 1. The molecule has 0 aromatic heterocycles. The normalized spacial score (nSPS) is 14.1. The monoisotopic (exact) mass is 229 g/mol. The summed E-state index contributed by atoms with van der Waals surface area (Å²) < 4.78 is 0. The SMILES string of the molecule is CCCCC(CC)CNCC(C)(C)CCO. The molecule has 2 nitrogen and oxygen atoms in total. The zero-order valence-corrected chi connectivity index (χ0v) is 11.7. The van der Waals surface area contributed by atoms with Crippen molar-refractivity contribution in [1.82, 2.24) is 5.32 Å². The lowest BCUT2D eigenvalue weighted by molar-refractivity contribution is 0.204. The van der Waals surface area contributed by atoms with E-state index in [4.69, 9.17) is 5.11 Å². The van der Waals surface area contributed by atoms with E-state index in [1.807, 2.05) is 0 Å². The summed E-state index contributed by atoms with van der Waals surface area (Å²) in [7, 11) is 0. The van der Waals surface area contributed by atoms with Gasteiger partial charge in [-0.3, -0.25) is 0 Å². The second-order valence-electron chi connectivity index (χ2n) is 5.69. The Labute approximate surface area is 102 Å². The van der Waals surface area contributed by atoms with E-state index in [2.05, 4.69) is 33.0 Å². The molecule has 0 saturated carbocycles. The fourth-order valence-electron chi connectivity index (χ4n) is 1.95. The predicted molar refractivity (Wildman–Crippen MR) is 71.7 cm³/mol. The van der Waals surface area contributed by atoms with Crippen LogP contribution in [0.4, 0.5) is 0 Å². The highest BCUT2D eigenvalue weighted by Crippen LogP contribution is 2.18. The molecule has 1 atom stereocenters. The molecule has 98 valence electrons. The molecule has 16 heavy (non-hydrogen) atoms. The number of rotatable bonds is 10. The quantitative estimate of drug-likeness (QED) is 0.603. The molecule has 0 amide bonds. The van der Waals surface area contributed by atoms with Gasteiger partial charge in [-0.2, -0.15) is 0 Å². The fraction of sp³-hybridized carbons (Fsp3) is 1.00. The van der Waals surface area contributed by atoms with Gasteiger partial charge >= 0.3 is 0 Å². The lowest BCUT2D eigenvalue weighted by Gasteiger charge is -2.25. The summed E-state index contributed by atoms with van der Waals surface area (Å²) >= 11 is 0. The van der Waals surface area contributed by atoms with Gasteiger partial charge in [-0.25, -0.2) is 0 Å². The van der Waals surface area contributed by atoms with E-state index in [0.29, 0.717) is 6.61 Å². The third-order valence-corrected chi connectivity index (χ3v) is 3.37. The maximum absolute atomic E-state index is 8.94. The molecular formula is C14H31NO. The van der Waals surface area contributed by atoms with E-state index in [1.54, 1.807) is 0 Å². The minimum absolute atomic E-state index is 0.220. The van der Waals surface area contributed by atoms with Crippen molar-refractivity contribution < 1.29 is 5.11 Å². The molecule has 0 rings (SSSR count). The highest BCUT2D eigenvalue weighted by molar-refractivity contribution is 4.72. The van der Waals surface area contributed by atoms with Gasteiger partial charge in [0.15, 0.2) is 0 Å². The van der Waals surface area contributed by atoms with Crippen molar-refractivity contribution in [3.8, 4) is 0 Å². The van der Waals surface area contributed by atoms with Crippen LogP contribution in [-0.2, 0) is 0 Å². The fourth-order valence-corrected chi connectivity index (χ4v) is 1.95. The van der Waals surface area contributed by atoms with Gasteiger partial charge in [0.25, 0.3) is 0 Å². The zero-order chi connectivity index (χ0) is 12.4. The number of aliphatic hydroxyl groups excluding tert-OH is 1. The first-order valence-electron chi connectivity index (χ1n) is 6.87. The molecule has 0 aliphatic heterocycles. The van der Waals surface area contributed by atoms with Gasteiger partial charge in [0.2, 0.25) is 0 Å². The van der Waals surface area contributed by atoms with E-state index in [9.17, 15) is 0 Å². The Morgan fingerprint density at radius 1 is 1.25 bits per heavy atom. The molecule has 2 heteroatoms. The molecule has 0 aliphatic carbocycles. The smallest absolute Gasteiger partial charge is 0.0436 e. The Morgan fingerprint density at radius 3 is 2.44 bits per heavy atom. The van der Waals surface area contributed by atoms with E-state index >= 15 is 0 Å². The Morgan fingerprint density at radius 2 is 1.94 bits per heavy atom. The van der Waals surface area contributed by atoms with E-state index in [1.165, 1.54) is 25.7 Å². The van der Waals surface area contributed by atoms with Crippen LogP contribution in [0.15, 0.2) is 0 Å². The summed E-state index contributed by atoms with van der Waals surface area (Å²) in [5, 5.41) is 12.5. The van der Waals surface area contributed by atoms with Crippen LogP contribution in [0.3, 0.4) is 0 Å². The molecule has 0 radical (unpaired) electrons. The van der Waals surface area contributed by atoms with Gasteiger partial charge in [-0.05, 0) is 30.7 Å². The molecule has 0 spiro atoms. The van der Waals surface area contributed by atoms with Gasteiger partial charge in [0, 0.05) is 13.2 Å². The standard InChI is InChI=1S/C14H31NO/c1-5-7-8-13(6-2)11-15-12-14(3,4)9-10-16/h13,15-16H,5-12H2,1-4H3. The van der Waals surface area contributed by atoms with Gasteiger partial charge in [0.05, 0.1) is 0 Å². The zero-order valence-electron chi connectivity index (χ0n) is 11.7. The molecule has 0 bridgehead atoms. The molecule has 0 fully saturated rings. The van der Waals surface area contributed by atoms with Crippen molar-refractivity contribution in [2.45, 2.75) is 59.8 Å². The van der Waals surface area contributed by atoms with Crippen LogP contribution in [0.5, 0.6) is 0 Å². The number of hydrogen-bond acceptors (Lipinski definition) is 2. The average molecular weight is 229 g/mol. The lowest BCUT2D eigenvalue weighted by atomic mass is 9.89. The highest BCUT2D eigenvalue weighted by Gasteiger charge is 2.17. The molecule has 0 aromatic carbocycles. The summed E-state index contributed by atoms with van der Waals surface area (Å²) in [5.74, 6) is 0.824. The third kappa shape index (κ3) is 8.12. The van der Waals surface area contributed by atoms with Crippen LogP contribution in [0.2, 0.25) is 0 Å². The second-order valence-corrected chi connectivity index (χ2v) is 5.69. The Bertz CT molecular complexity index is 157. The maximum atomic E-state index is 8.94. The first-order chi connectivity index (χ1) is 7.55. The Kier molecular flexibility index (Phi) is 8.96. The number of hydrogen-bond donors (Lipinski definition) is 2. The maximum Gasteiger partial charge on any atom is 0.0436 e. The number of nitrogens with one attached hydrogen (secondary N) is 1. The van der Waals surface area contributed by atoms with Crippen LogP contribution in [-0.4, -0.2) is 24.8 Å². The minimum atomic E-state index is 0.220. The van der Waals surface area contributed by atoms with Gasteiger partial charge in [-0.1, -0.05) is 47.0 Å². The lowest BCUT2D eigenvalue weighted by Crippen LogP contribution is -2.33.